The highest BCUT2D eigenvalue weighted by Crippen LogP contribution is 2.44. The third-order valence-electron chi connectivity index (χ3n) is 6.92. The van der Waals surface area contributed by atoms with Crippen LogP contribution in [-0.4, -0.2) is 109 Å². The van der Waals surface area contributed by atoms with E-state index in [4.69, 9.17) is 33.5 Å². The summed E-state index contributed by atoms with van der Waals surface area (Å²) < 4.78 is 32.9. The van der Waals surface area contributed by atoms with Gasteiger partial charge in [-0.15, -0.1) is 0 Å². The van der Waals surface area contributed by atoms with Crippen LogP contribution in [0.4, 0.5) is 4.79 Å². The van der Waals surface area contributed by atoms with Gasteiger partial charge in [-0.05, 0) is 35.1 Å². The average Bonchev–Trinajstić information content (AvgIpc) is 3.37. The lowest BCUT2D eigenvalue weighted by molar-refractivity contribution is -0.138. The van der Waals surface area contributed by atoms with Crippen molar-refractivity contribution < 1.29 is 47.9 Å². The minimum absolute atomic E-state index is 0.0126. The summed E-state index contributed by atoms with van der Waals surface area (Å²) in [4.78, 5) is 34.0. The quantitative estimate of drug-likeness (QED) is 0.139. The average molecular weight is 631 g/mol. The molecule has 0 fully saturated rings. The molecule has 1 aliphatic carbocycles. The Balaban J connectivity index is 1.03. The van der Waals surface area contributed by atoms with Crippen molar-refractivity contribution in [3.8, 4) is 11.1 Å². The Kier molecular flexibility index (Phi) is 17.6. The lowest BCUT2D eigenvalue weighted by Gasteiger charge is -2.14. The molecule has 2 aromatic carbocycles. The molecular weight excluding hydrogens is 584 g/mol. The fourth-order valence-electron chi connectivity index (χ4n) is 4.71. The van der Waals surface area contributed by atoms with Gasteiger partial charge < -0.3 is 44.2 Å². The summed E-state index contributed by atoms with van der Waals surface area (Å²) in [6.45, 7) is 5.86. The highest BCUT2D eigenvalue weighted by atomic mass is 16.6. The van der Waals surface area contributed by atoms with Crippen LogP contribution < -0.4 is 10.6 Å². The lowest BCUT2D eigenvalue weighted by Crippen LogP contribution is -2.27. The molecule has 0 aromatic heterocycles. The maximum Gasteiger partial charge on any atom is 0.407 e. The van der Waals surface area contributed by atoms with Crippen molar-refractivity contribution in [2.45, 2.75) is 31.6 Å². The predicted molar refractivity (Wildman–Crippen MR) is 166 cm³/mol. The first kappa shape index (κ1) is 35.9. The number of hydrogen-bond acceptors (Lipinski definition) is 9. The van der Waals surface area contributed by atoms with E-state index in [1.54, 1.807) is 0 Å². The Morgan fingerprint density at radius 2 is 1.04 bits per heavy atom. The Hall–Kier alpha value is -3.55. The summed E-state index contributed by atoms with van der Waals surface area (Å²) in [7, 11) is 0. The zero-order valence-electron chi connectivity index (χ0n) is 25.8. The molecule has 3 N–H and O–H groups in total. The molecule has 248 valence electrons. The second kappa shape index (κ2) is 22.0. The van der Waals surface area contributed by atoms with Crippen LogP contribution in [0.5, 0.6) is 0 Å². The molecule has 0 spiro atoms. The summed E-state index contributed by atoms with van der Waals surface area (Å²) in [5.74, 6) is -1.21. The first-order valence-electron chi connectivity index (χ1n) is 15.5. The van der Waals surface area contributed by atoms with Crippen LogP contribution in [0.15, 0.2) is 48.5 Å². The van der Waals surface area contributed by atoms with Gasteiger partial charge in [0.2, 0.25) is 5.91 Å². The van der Waals surface area contributed by atoms with Crippen LogP contribution in [-0.2, 0) is 38.0 Å². The van der Waals surface area contributed by atoms with Crippen LogP contribution in [0.2, 0.25) is 0 Å². The number of carbonyl (C=O) groups excluding carboxylic acids is 2. The summed E-state index contributed by atoms with van der Waals surface area (Å²) in [6, 6.07) is 16.5. The number of fused-ring (bicyclic) bond motifs is 3. The molecule has 0 radical (unpaired) electrons. The van der Waals surface area contributed by atoms with Crippen LogP contribution in [0.3, 0.4) is 0 Å². The fourth-order valence-corrected chi connectivity index (χ4v) is 4.71. The van der Waals surface area contributed by atoms with Crippen LogP contribution in [0, 0.1) is 0 Å². The van der Waals surface area contributed by atoms with Crippen LogP contribution in [0.1, 0.15) is 42.7 Å². The van der Waals surface area contributed by atoms with Crippen molar-refractivity contribution >= 4 is 18.0 Å². The molecule has 0 saturated heterocycles. The minimum atomic E-state index is -0.984. The molecule has 2 aromatic rings. The van der Waals surface area contributed by atoms with Gasteiger partial charge in [0.1, 0.15) is 6.61 Å². The normalized spacial score (nSPS) is 12.0. The first-order chi connectivity index (χ1) is 22.1. The van der Waals surface area contributed by atoms with Crippen molar-refractivity contribution in [3.05, 3.63) is 59.7 Å². The van der Waals surface area contributed by atoms with E-state index in [1.807, 2.05) is 24.3 Å². The van der Waals surface area contributed by atoms with Gasteiger partial charge in [-0.2, -0.15) is 0 Å². The number of amides is 2. The van der Waals surface area contributed by atoms with Gasteiger partial charge in [0.05, 0.1) is 59.3 Å². The summed E-state index contributed by atoms with van der Waals surface area (Å²) in [5.41, 5.74) is 4.78. The summed E-state index contributed by atoms with van der Waals surface area (Å²) in [6.07, 6.45) is 0.717. The lowest BCUT2D eigenvalue weighted by atomic mass is 9.98. The van der Waals surface area contributed by atoms with Gasteiger partial charge in [-0.25, -0.2) is 4.79 Å². The van der Waals surface area contributed by atoms with Crippen LogP contribution in [0.25, 0.3) is 11.1 Å². The Labute approximate surface area is 264 Å². The van der Waals surface area contributed by atoms with E-state index in [2.05, 4.69) is 34.9 Å². The van der Waals surface area contributed by atoms with Gasteiger partial charge in [0.25, 0.3) is 0 Å². The molecule has 1 aliphatic rings. The zero-order valence-corrected chi connectivity index (χ0v) is 25.8. The summed E-state index contributed by atoms with van der Waals surface area (Å²) in [5, 5.41) is 14.0. The monoisotopic (exact) mass is 630 g/mol. The Bertz CT molecular complexity index is 1120. The SMILES string of the molecule is O=C(O)CCC(=O)NCCCOCCOCCOCCOCCOCCCNC(=O)OCC1c2ccccc2-c2ccccc21. The largest absolute Gasteiger partial charge is 0.481 e. The van der Waals surface area contributed by atoms with Gasteiger partial charge in [-0.3, -0.25) is 9.59 Å². The standard InChI is InChI=1S/C33H46N2O10/c36-31(11-12-32(37)38)34-13-5-15-40-17-19-42-21-23-44-24-22-43-20-18-41-16-6-14-35-33(39)45-25-30-28-9-3-1-7-26(28)27-8-2-4-10-29(27)30/h1-4,7-10,30H,5-6,11-25H2,(H,34,36)(H,35,39)(H,37,38). The molecule has 0 atom stereocenters. The van der Waals surface area contributed by atoms with E-state index in [9.17, 15) is 14.4 Å². The fraction of sp³-hybridized carbons (Fsp3) is 0.545. The van der Waals surface area contributed by atoms with E-state index >= 15 is 0 Å². The van der Waals surface area contributed by atoms with Crippen molar-refractivity contribution in [3.63, 3.8) is 0 Å². The first-order valence-corrected chi connectivity index (χ1v) is 15.5. The second-order valence-corrected chi connectivity index (χ2v) is 10.3. The molecule has 45 heavy (non-hydrogen) atoms. The number of carboxylic acids is 1. The molecular formula is C33H46N2O10. The molecule has 12 nitrogen and oxygen atoms in total. The van der Waals surface area contributed by atoms with Crippen molar-refractivity contribution in [2.24, 2.45) is 0 Å². The number of aliphatic carboxylic acids is 1. The maximum atomic E-state index is 12.2. The number of carbonyl (C=O) groups is 3. The zero-order chi connectivity index (χ0) is 32.0. The molecule has 2 amide bonds. The van der Waals surface area contributed by atoms with Gasteiger partial charge in [-0.1, -0.05) is 48.5 Å². The van der Waals surface area contributed by atoms with Crippen molar-refractivity contribution in [1.29, 1.82) is 0 Å². The third kappa shape index (κ3) is 14.4. The van der Waals surface area contributed by atoms with E-state index < -0.39 is 12.1 Å². The van der Waals surface area contributed by atoms with E-state index in [-0.39, 0.29) is 24.7 Å². The van der Waals surface area contributed by atoms with Gasteiger partial charge in [0, 0.05) is 38.6 Å². The highest BCUT2D eigenvalue weighted by molar-refractivity contribution is 5.80. The number of carboxylic acid groups (broad SMARTS) is 1. The maximum absolute atomic E-state index is 12.2. The molecule has 0 heterocycles. The van der Waals surface area contributed by atoms with Crippen molar-refractivity contribution in [2.75, 3.05) is 85.8 Å². The predicted octanol–water partition coefficient (Wildman–Crippen LogP) is 3.37. The molecule has 3 rings (SSSR count). The number of hydrogen-bond donors (Lipinski definition) is 3. The van der Waals surface area contributed by atoms with E-state index in [0.29, 0.717) is 98.6 Å². The Morgan fingerprint density at radius 1 is 0.600 bits per heavy atom. The highest BCUT2D eigenvalue weighted by Gasteiger charge is 2.28. The number of alkyl carbamates (subject to hydrolysis) is 1. The molecule has 0 unspecified atom stereocenters. The number of ether oxygens (including phenoxy) is 6. The number of benzene rings is 2. The summed E-state index contributed by atoms with van der Waals surface area (Å²) >= 11 is 0. The van der Waals surface area contributed by atoms with E-state index in [1.165, 1.54) is 22.3 Å². The number of rotatable bonds is 25. The van der Waals surface area contributed by atoms with Gasteiger partial charge in [0.15, 0.2) is 0 Å². The topological polar surface area (TPSA) is 151 Å². The van der Waals surface area contributed by atoms with Crippen molar-refractivity contribution in [1.82, 2.24) is 10.6 Å². The molecule has 0 aliphatic heterocycles. The number of nitrogens with one attached hydrogen (secondary N) is 2. The van der Waals surface area contributed by atoms with Gasteiger partial charge >= 0.3 is 12.1 Å². The van der Waals surface area contributed by atoms with Crippen LogP contribution >= 0.6 is 0 Å². The molecule has 0 saturated carbocycles. The molecule has 12 heteroatoms. The third-order valence-corrected chi connectivity index (χ3v) is 6.92. The Morgan fingerprint density at radius 3 is 1.53 bits per heavy atom. The second-order valence-electron chi connectivity index (χ2n) is 10.3. The molecule has 0 bridgehead atoms. The smallest absolute Gasteiger partial charge is 0.407 e. The minimum Gasteiger partial charge on any atom is -0.481 e. The van der Waals surface area contributed by atoms with E-state index in [0.717, 1.165) is 0 Å².